The summed E-state index contributed by atoms with van der Waals surface area (Å²) in [5.41, 5.74) is 5.44. The molecule has 5 N–H and O–H groups in total. The molecule has 0 aliphatic carbocycles. The Kier molecular flexibility index (Phi) is 29.1. The SMILES string of the molecule is CCCCCCCCCCCCC(CO)NCCN.O=S(=O)(O)c1ccccc1.[Ti].[Ti]. The molecule has 0 radical (unpaired) electrons. The van der Waals surface area contributed by atoms with E-state index < -0.39 is 10.1 Å². The van der Waals surface area contributed by atoms with Gasteiger partial charge < -0.3 is 16.2 Å². The number of hydrogen-bond acceptors (Lipinski definition) is 5. The topological polar surface area (TPSA) is 113 Å². The number of benzene rings is 1. The van der Waals surface area contributed by atoms with Gasteiger partial charge in [-0.05, 0) is 18.6 Å². The van der Waals surface area contributed by atoms with Gasteiger partial charge in [0.2, 0.25) is 0 Å². The van der Waals surface area contributed by atoms with Crippen LogP contribution in [0.5, 0.6) is 0 Å². The first kappa shape index (κ1) is 36.0. The first-order valence-corrected chi connectivity index (χ1v) is 12.5. The molecule has 178 valence electrons. The van der Waals surface area contributed by atoms with E-state index in [1.54, 1.807) is 18.2 Å². The van der Waals surface area contributed by atoms with E-state index >= 15 is 0 Å². The maximum absolute atomic E-state index is 10.4. The van der Waals surface area contributed by atoms with Crippen LogP contribution >= 0.6 is 0 Å². The largest absolute Gasteiger partial charge is 0.395 e. The van der Waals surface area contributed by atoms with Crippen LogP contribution in [0.2, 0.25) is 0 Å². The molecular weight excluding hydrogens is 484 g/mol. The average molecular weight is 526 g/mol. The van der Waals surface area contributed by atoms with Crippen LogP contribution in [0.4, 0.5) is 0 Å². The molecule has 0 bridgehead atoms. The molecule has 0 fully saturated rings. The minimum atomic E-state index is -4.00. The third-order valence-corrected chi connectivity index (χ3v) is 5.61. The Balaban J connectivity index is -0.000000553. The molecule has 1 unspecified atom stereocenters. The summed E-state index contributed by atoms with van der Waals surface area (Å²) in [6.07, 6.45) is 14.7. The summed E-state index contributed by atoms with van der Waals surface area (Å²) >= 11 is 0. The molecule has 0 aliphatic heterocycles. The van der Waals surface area contributed by atoms with Crippen LogP contribution in [0.25, 0.3) is 0 Å². The zero-order valence-electron chi connectivity index (χ0n) is 19.1. The van der Waals surface area contributed by atoms with E-state index in [0.717, 1.165) is 13.0 Å². The van der Waals surface area contributed by atoms with E-state index in [4.69, 9.17) is 10.3 Å². The van der Waals surface area contributed by atoms with Crippen LogP contribution in [0.1, 0.15) is 77.6 Å². The van der Waals surface area contributed by atoms with Gasteiger partial charge in [0.05, 0.1) is 11.5 Å². The van der Waals surface area contributed by atoms with Gasteiger partial charge in [-0.3, -0.25) is 4.55 Å². The molecule has 0 saturated carbocycles. The van der Waals surface area contributed by atoms with E-state index in [2.05, 4.69) is 12.2 Å². The molecule has 0 aromatic heterocycles. The Morgan fingerprint density at radius 3 is 1.77 bits per heavy atom. The van der Waals surface area contributed by atoms with Crippen LogP contribution < -0.4 is 11.1 Å². The van der Waals surface area contributed by atoms with Crippen molar-refractivity contribution in [1.29, 1.82) is 0 Å². The van der Waals surface area contributed by atoms with Crippen molar-refractivity contribution in [1.82, 2.24) is 5.32 Å². The molecule has 0 saturated heterocycles. The second kappa shape index (κ2) is 25.1. The Morgan fingerprint density at radius 2 is 1.39 bits per heavy atom. The summed E-state index contributed by atoms with van der Waals surface area (Å²) < 4.78 is 29.2. The first-order valence-electron chi connectivity index (χ1n) is 11.0. The minimum absolute atomic E-state index is 0. The minimum Gasteiger partial charge on any atom is -0.395 e. The fourth-order valence-corrected chi connectivity index (χ4v) is 3.52. The van der Waals surface area contributed by atoms with Crippen LogP contribution in [0, 0.1) is 0 Å². The summed E-state index contributed by atoms with van der Waals surface area (Å²) in [7, 11) is -4.00. The van der Waals surface area contributed by atoms with Gasteiger partial charge in [0.25, 0.3) is 10.1 Å². The van der Waals surface area contributed by atoms with E-state index in [-0.39, 0.29) is 61.0 Å². The fraction of sp³-hybridized carbons (Fsp3) is 0.727. The second-order valence-electron chi connectivity index (χ2n) is 7.38. The van der Waals surface area contributed by atoms with Gasteiger partial charge in [0, 0.05) is 62.6 Å². The zero-order chi connectivity index (χ0) is 21.8. The number of aliphatic hydroxyl groups excluding tert-OH is 1. The number of unbranched alkanes of at least 4 members (excludes halogenated alkanes) is 9. The number of aliphatic hydroxyl groups is 1. The van der Waals surface area contributed by atoms with Crippen molar-refractivity contribution in [2.45, 2.75) is 88.5 Å². The molecule has 1 atom stereocenters. The van der Waals surface area contributed by atoms with Gasteiger partial charge in [-0.25, -0.2) is 0 Å². The Labute approximate surface area is 220 Å². The van der Waals surface area contributed by atoms with Crippen molar-refractivity contribution < 1.29 is 61.5 Å². The van der Waals surface area contributed by atoms with Gasteiger partial charge in [0.1, 0.15) is 0 Å². The molecule has 0 spiro atoms. The number of nitrogens with two attached hydrogens (primary N) is 1. The van der Waals surface area contributed by atoms with Gasteiger partial charge >= 0.3 is 0 Å². The molecule has 0 amide bonds. The molecular formula is C22H42N2O4STi2. The molecule has 6 nitrogen and oxygen atoms in total. The predicted molar refractivity (Wildman–Crippen MR) is 121 cm³/mol. The predicted octanol–water partition coefficient (Wildman–Crippen LogP) is 4.13. The second-order valence-corrected chi connectivity index (χ2v) is 8.80. The number of rotatable bonds is 16. The number of nitrogens with one attached hydrogen (secondary N) is 1. The van der Waals surface area contributed by atoms with Crippen LogP contribution in [0.15, 0.2) is 35.2 Å². The van der Waals surface area contributed by atoms with Crippen molar-refractivity contribution in [3.8, 4) is 0 Å². The summed E-state index contributed by atoms with van der Waals surface area (Å²) in [5, 5.41) is 12.5. The smallest absolute Gasteiger partial charge is 0.294 e. The van der Waals surface area contributed by atoms with Gasteiger partial charge in [-0.2, -0.15) is 8.42 Å². The Morgan fingerprint density at radius 1 is 0.903 bits per heavy atom. The van der Waals surface area contributed by atoms with Crippen LogP contribution in [-0.4, -0.2) is 43.8 Å². The van der Waals surface area contributed by atoms with Crippen molar-refractivity contribution in [3.63, 3.8) is 0 Å². The van der Waals surface area contributed by atoms with E-state index in [1.807, 2.05) is 0 Å². The average Bonchev–Trinajstić information content (AvgIpc) is 2.72. The molecule has 0 heterocycles. The van der Waals surface area contributed by atoms with Crippen molar-refractivity contribution in [2.75, 3.05) is 19.7 Å². The third kappa shape index (κ3) is 23.4. The summed E-state index contributed by atoms with van der Waals surface area (Å²) in [5.74, 6) is 0. The monoisotopic (exact) mass is 526 g/mol. The Bertz CT molecular complexity index is 578. The van der Waals surface area contributed by atoms with E-state index in [9.17, 15) is 13.5 Å². The van der Waals surface area contributed by atoms with E-state index in [1.165, 1.54) is 76.3 Å². The van der Waals surface area contributed by atoms with Gasteiger partial charge in [-0.15, -0.1) is 0 Å². The zero-order valence-corrected chi connectivity index (χ0v) is 23.0. The van der Waals surface area contributed by atoms with Crippen LogP contribution in [-0.2, 0) is 53.6 Å². The normalized spacial score (nSPS) is 11.5. The number of hydrogen-bond donors (Lipinski definition) is 4. The van der Waals surface area contributed by atoms with E-state index in [0.29, 0.717) is 6.54 Å². The van der Waals surface area contributed by atoms with Crippen molar-refractivity contribution in [3.05, 3.63) is 30.3 Å². The van der Waals surface area contributed by atoms with Crippen molar-refractivity contribution in [2.24, 2.45) is 5.73 Å². The maximum Gasteiger partial charge on any atom is 0.294 e. The quantitative estimate of drug-likeness (QED) is 0.146. The summed E-state index contributed by atoms with van der Waals surface area (Å²) in [4.78, 5) is -0.0741. The van der Waals surface area contributed by atoms with Crippen molar-refractivity contribution >= 4 is 10.1 Å². The molecule has 9 heteroatoms. The Hall–Kier alpha value is 0.439. The summed E-state index contributed by atoms with van der Waals surface area (Å²) in [6, 6.07) is 7.67. The van der Waals surface area contributed by atoms with Crippen LogP contribution in [0.3, 0.4) is 0 Å². The fourth-order valence-electron chi connectivity index (χ4n) is 3.02. The molecule has 31 heavy (non-hydrogen) atoms. The van der Waals surface area contributed by atoms with Gasteiger partial charge in [-0.1, -0.05) is 89.3 Å². The standard InChI is InChI=1S/C16H36N2O.C6H6O3S.2Ti/c1-2-3-4-5-6-7-8-9-10-11-12-16(15-19)18-14-13-17;7-10(8,9)6-4-2-1-3-5-6;;/h16,18-19H,2-15,17H2,1H3;1-5H,(H,7,8,9);;. The first-order chi connectivity index (χ1) is 14.0. The van der Waals surface area contributed by atoms with Gasteiger partial charge in [0.15, 0.2) is 0 Å². The maximum atomic E-state index is 10.4. The molecule has 1 aromatic carbocycles. The molecule has 0 aliphatic rings. The molecule has 1 rings (SSSR count). The molecule has 1 aromatic rings. The summed E-state index contributed by atoms with van der Waals surface area (Å²) in [6.45, 7) is 3.96. The third-order valence-electron chi connectivity index (χ3n) is 4.74.